The summed E-state index contributed by atoms with van der Waals surface area (Å²) in [7, 11) is -11.4. The third kappa shape index (κ3) is 9.04. The monoisotopic (exact) mass is 550 g/mol. The van der Waals surface area contributed by atoms with Crippen LogP contribution >= 0.6 is 0 Å². The minimum absolute atomic E-state index is 2.05. The number of hydrogen-bond donors (Lipinski definition) is 1. The van der Waals surface area contributed by atoms with Gasteiger partial charge in [-0.2, -0.15) is 69.5 Å². The van der Waals surface area contributed by atoms with E-state index in [4.69, 9.17) is 4.55 Å². The van der Waals surface area contributed by atoms with E-state index in [2.05, 4.69) is 3.63 Å². The van der Waals surface area contributed by atoms with Crippen LogP contribution < -0.4 is 0 Å². The molecule has 0 saturated heterocycles. The summed E-state index contributed by atoms with van der Waals surface area (Å²) in [4.78, 5) is 0. The van der Waals surface area contributed by atoms with E-state index < -0.39 is 87.7 Å². The van der Waals surface area contributed by atoms with Gasteiger partial charge in [-0.3, -0.25) is 4.55 Å². The molecule has 0 fully saturated rings. The summed E-state index contributed by atoms with van der Waals surface area (Å²) in [5, 5.41) is 0. The molecule has 0 aliphatic heterocycles. The molecular formula is C11H11F13O6S2. The first-order valence-electron chi connectivity index (χ1n) is 7.49. The fraction of sp³-hybridized carbons (Fsp3) is 1.00. The van der Waals surface area contributed by atoms with Gasteiger partial charge in [-0.05, 0) is 12.8 Å². The largest absolute Gasteiger partial charge is 0.431 e. The van der Waals surface area contributed by atoms with Gasteiger partial charge in [-0.15, -0.1) is 3.63 Å². The van der Waals surface area contributed by atoms with Gasteiger partial charge in [0.15, 0.2) is 0 Å². The molecule has 194 valence electrons. The third-order valence-electron chi connectivity index (χ3n) is 3.83. The number of halogens is 13. The Morgan fingerprint density at radius 2 is 1.06 bits per heavy atom. The summed E-state index contributed by atoms with van der Waals surface area (Å²) < 4.78 is 221. The summed E-state index contributed by atoms with van der Waals surface area (Å²) in [6.45, 7) is 0. The third-order valence-corrected chi connectivity index (χ3v) is 6.08. The lowest BCUT2D eigenvalue weighted by atomic mass is 9.83. The van der Waals surface area contributed by atoms with Crippen LogP contribution in [0, 0.1) is 11.8 Å². The van der Waals surface area contributed by atoms with Crippen molar-refractivity contribution in [3.05, 3.63) is 0 Å². The Morgan fingerprint density at radius 3 is 1.34 bits per heavy atom. The van der Waals surface area contributed by atoms with E-state index in [9.17, 15) is 73.9 Å². The summed E-state index contributed by atoms with van der Waals surface area (Å²) in [6.07, 6.45) is -34.4. The normalized spacial score (nSPS) is 17.3. The predicted octanol–water partition coefficient (Wildman–Crippen LogP) is 4.50. The molecule has 0 heterocycles. The number of alkyl halides is 13. The van der Waals surface area contributed by atoms with Gasteiger partial charge in [0.1, 0.15) is 0 Å². The second-order valence-electron chi connectivity index (χ2n) is 6.26. The Kier molecular flexibility index (Phi) is 8.96. The van der Waals surface area contributed by atoms with Crippen molar-refractivity contribution in [2.24, 2.45) is 11.8 Å². The Labute approximate surface area is 170 Å². The lowest BCUT2D eigenvalue weighted by Gasteiger charge is -2.35. The van der Waals surface area contributed by atoms with Crippen LogP contribution in [0.2, 0.25) is 0 Å². The van der Waals surface area contributed by atoms with E-state index in [1.807, 2.05) is 0 Å². The zero-order valence-corrected chi connectivity index (χ0v) is 16.3. The van der Waals surface area contributed by atoms with E-state index in [1.54, 1.807) is 0 Å². The van der Waals surface area contributed by atoms with Crippen molar-refractivity contribution >= 4 is 20.5 Å². The lowest BCUT2D eigenvalue weighted by molar-refractivity contribution is -0.353. The van der Waals surface area contributed by atoms with E-state index in [-0.39, 0.29) is 0 Å². The zero-order chi connectivity index (χ0) is 26.2. The highest BCUT2D eigenvalue weighted by Gasteiger charge is 2.74. The van der Waals surface area contributed by atoms with Crippen molar-refractivity contribution < 1.29 is 82.1 Å². The molecule has 0 aromatic carbocycles. The first-order chi connectivity index (χ1) is 13.6. The van der Waals surface area contributed by atoms with Gasteiger partial charge in [-0.1, -0.05) is 0 Å². The van der Waals surface area contributed by atoms with Crippen LogP contribution in [0.1, 0.15) is 19.3 Å². The fourth-order valence-corrected chi connectivity index (χ4v) is 4.17. The smallest absolute Gasteiger partial charge is 0.263 e. The van der Waals surface area contributed by atoms with Crippen LogP contribution in [0.5, 0.6) is 0 Å². The highest BCUT2D eigenvalue weighted by atomic mass is 32.3. The molecule has 2 unspecified atom stereocenters. The predicted molar refractivity (Wildman–Crippen MR) is 75.3 cm³/mol. The molecule has 0 aromatic heterocycles. The molecular weight excluding hydrogens is 539 g/mol. The van der Waals surface area contributed by atoms with E-state index >= 15 is 0 Å². The molecule has 1 N–H and O–H groups in total. The van der Waals surface area contributed by atoms with Crippen LogP contribution in [0.3, 0.4) is 0 Å². The van der Waals surface area contributed by atoms with E-state index in [0.717, 1.165) is 0 Å². The van der Waals surface area contributed by atoms with Gasteiger partial charge < -0.3 is 0 Å². The molecule has 0 spiro atoms. The molecule has 0 bridgehead atoms. The van der Waals surface area contributed by atoms with Crippen LogP contribution in [-0.4, -0.2) is 57.5 Å². The van der Waals surface area contributed by atoms with Gasteiger partial charge in [0.2, 0.25) is 0 Å². The van der Waals surface area contributed by atoms with Crippen LogP contribution in [0.15, 0.2) is 0 Å². The van der Waals surface area contributed by atoms with Crippen molar-refractivity contribution in [3.8, 4) is 0 Å². The average Bonchev–Trinajstić information content (AvgIpc) is 2.42. The first kappa shape index (κ1) is 30.9. The molecule has 2 atom stereocenters. The molecule has 0 amide bonds. The highest BCUT2D eigenvalue weighted by Crippen LogP contribution is 2.53. The van der Waals surface area contributed by atoms with Crippen LogP contribution in [0.4, 0.5) is 57.1 Å². The Morgan fingerprint density at radius 1 is 0.688 bits per heavy atom. The topological polar surface area (TPSA) is 97.7 Å². The molecule has 0 rings (SSSR count). The lowest BCUT2D eigenvalue weighted by Crippen LogP contribution is -2.55. The quantitative estimate of drug-likeness (QED) is 0.336. The number of hydrogen-bond acceptors (Lipinski definition) is 5. The van der Waals surface area contributed by atoms with Gasteiger partial charge in [-0.25, -0.2) is 4.39 Å². The minimum atomic E-state index is -7.00. The fourth-order valence-electron chi connectivity index (χ4n) is 2.27. The molecule has 0 radical (unpaired) electrons. The molecule has 32 heavy (non-hydrogen) atoms. The molecule has 21 heteroatoms. The van der Waals surface area contributed by atoms with Crippen molar-refractivity contribution in [2.75, 3.05) is 5.75 Å². The summed E-state index contributed by atoms with van der Waals surface area (Å²) >= 11 is 0. The van der Waals surface area contributed by atoms with Crippen LogP contribution in [-0.2, 0) is 24.1 Å². The molecule has 0 aliphatic carbocycles. The standard InChI is InChI=1S/C11H11F13O6S2/c12-7(10(19,20)21,11(22,23)24)4-6(9(16,17)18)3-5(8(13,14)15)1-2-31(25,26)30-32(27,28)29/h5-6H,1-4H2,(H,27,28,29). The number of rotatable bonds is 9. The zero-order valence-electron chi connectivity index (χ0n) is 14.7. The van der Waals surface area contributed by atoms with Crippen molar-refractivity contribution in [1.82, 2.24) is 0 Å². The molecule has 0 aliphatic rings. The molecule has 0 saturated carbocycles. The SMILES string of the molecule is O=S(=O)(O)OS(=O)(=O)CCC(CC(CC(F)(C(F)(F)F)C(F)(F)F)C(F)(F)F)C(F)(F)F. The maximum Gasteiger partial charge on any atom is 0.431 e. The van der Waals surface area contributed by atoms with Gasteiger partial charge in [0.05, 0.1) is 17.6 Å². The molecule has 0 aromatic rings. The second-order valence-corrected chi connectivity index (χ2v) is 9.18. The first-order valence-corrected chi connectivity index (χ1v) is 10.4. The van der Waals surface area contributed by atoms with Crippen LogP contribution in [0.25, 0.3) is 0 Å². The minimum Gasteiger partial charge on any atom is -0.263 e. The average molecular weight is 550 g/mol. The Hall–Kier alpha value is -1.09. The highest BCUT2D eigenvalue weighted by molar-refractivity contribution is 7.97. The maximum absolute atomic E-state index is 13.7. The summed E-state index contributed by atoms with van der Waals surface area (Å²) in [6, 6.07) is 0. The van der Waals surface area contributed by atoms with Gasteiger partial charge >= 0.3 is 35.1 Å². The van der Waals surface area contributed by atoms with E-state index in [0.29, 0.717) is 0 Å². The van der Waals surface area contributed by atoms with Gasteiger partial charge in [0, 0.05) is 6.42 Å². The summed E-state index contributed by atoms with van der Waals surface area (Å²) in [5.74, 6) is -9.90. The van der Waals surface area contributed by atoms with E-state index in [1.165, 1.54) is 0 Å². The Balaban J connectivity index is 6.04. The maximum atomic E-state index is 13.7. The summed E-state index contributed by atoms with van der Waals surface area (Å²) in [5.41, 5.74) is -6.56. The van der Waals surface area contributed by atoms with Gasteiger partial charge in [0.25, 0.3) is 15.8 Å². The van der Waals surface area contributed by atoms with Crippen molar-refractivity contribution in [2.45, 2.75) is 49.6 Å². The van der Waals surface area contributed by atoms with Crippen molar-refractivity contribution in [3.63, 3.8) is 0 Å². The second kappa shape index (κ2) is 9.28. The Bertz CT molecular complexity index is 824. The molecule has 6 nitrogen and oxygen atoms in total. The van der Waals surface area contributed by atoms with Crippen molar-refractivity contribution in [1.29, 1.82) is 0 Å².